The second kappa shape index (κ2) is 12.4. The number of nitrogens with zero attached hydrogens (tertiary/aromatic N) is 2. The van der Waals surface area contributed by atoms with Crippen LogP contribution in [0.5, 0.6) is 0 Å². The second-order valence-corrected chi connectivity index (χ2v) is 17.5. The van der Waals surface area contributed by atoms with Crippen LogP contribution in [0.1, 0.15) is 54.5 Å². The number of fused-ring (bicyclic) bond motifs is 12. The van der Waals surface area contributed by atoms with Gasteiger partial charge in [0.2, 0.25) is 0 Å². The Morgan fingerprint density at radius 2 is 1.37 bits per heavy atom. The average Bonchev–Trinajstić information content (AvgIpc) is 3.94. The summed E-state index contributed by atoms with van der Waals surface area (Å²) >= 11 is 3.80. The Morgan fingerprint density at radius 1 is 0.632 bits per heavy atom. The standard InChI is InChI=1S/C52H38N2OS2/c1-7-15-34-38-29-30(21-26-44(38)55-43(34)10-4)53-41-17-12-11-16-33(41)37-28-31(20-25-42(37)53)54-40(9-3)32(8-2)35-22-24-39-48(50(35)54)36-23-27-47-51(49(36)52(39,5)6)57-46-19-14-13-18-45(46)56-47/h7-29H,2-4H2,1,5-6H3/b15-7-. The average molecular weight is 771 g/mol. The van der Waals surface area contributed by atoms with E-state index in [2.05, 4.69) is 158 Å². The molecular weight excluding hydrogens is 733 g/mol. The maximum absolute atomic E-state index is 6.19. The first-order chi connectivity index (χ1) is 27.9. The lowest BCUT2D eigenvalue weighted by atomic mass is 9.82. The third-order valence-corrected chi connectivity index (χ3v) is 14.6. The van der Waals surface area contributed by atoms with Gasteiger partial charge in [0.05, 0.1) is 22.2 Å². The molecule has 11 rings (SSSR count). The van der Waals surface area contributed by atoms with E-state index in [-0.39, 0.29) is 5.41 Å². The Bertz CT molecular complexity index is 3290. The van der Waals surface area contributed by atoms with E-state index in [1.54, 1.807) is 6.08 Å². The largest absolute Gasteiger partial charge is 0.456 e. The van der Waals surface area contributed by atoms with Crippen molar-refractivity contribution in [2.45, 2.75) is 45.8 Å². The summed E-state index contributed by atoms with van der Waals surface area (Å²) in [5.41, 5.74) is 14.8. The summed E-state index contributed by atoms with van der Waals surface area (Å²) in [5, 5.41) is 4.62. The van der Waals surface area contributed by atoms with Crippen LogP contribution in [-0.4, -0.2) is 9.13 Å². The predicted molar refractivity (Wildman–Crippen MR) is 245 cm³/mol. The van der Waals surface area contributed by atoms with Crippen molar-refractivity contribution in [3.8, 4) is 22.5 Å². The van der Waals surface area contributed by atoms with Crippen LogP contribution >= 0.6 is 23.5 Å². The molecule has 0 atom stereocenters. The molecule has 1 aliphatic carbocycles. The third-order valence-electron chi connectivity index (χ3n) is 12.0. The van der Waals surface area contributed by atoms with Gasteiger partial charge in [-0.25, -0.2) is 0 Å². The van der Waals surface area contributed by atoms with E-state index in [9.17, 15) is 0 Å². The van der Waals surface area contributed by atoms with Gasteiger partial charge in [0.1, 0.15) is 11.3 Å². The highest BCUT2D eigenvalue weighted by Crippen LogP contribution is 2.60. The highest BCUT2D eigenvalue weighted by molar-refractivity contribution is 8.05. The molecular formula is C52H38N2OS2. The maximum atomic E-state index is 6.19. The van der Waals surface area contributed by atoms with Crippen LogP contribution in [0.3, 0.4) is 0 Å². The Morgan fingerprint density at radius 3 is 2.16 bits per heavy atom. The molecule has 0 saturated carbocycles. The minimum absolute atomic E-state index is 0.200. The van der Waals surface area contributed by atoms with Gasteiger partial charge >= 0.3 is 0 Å². The third kappa shape index (κ3) is 4.64. The van der Waals surface area contributed by atoms with E-state index in [0.717, 1.165) is 56.0 Å². The van der Waals surface area contributed by atoms with Gasteiger partial charge in [-0.1, -0.05) is 124 Å². The van der Waals surface area contributed by atoms with Crippen LogP contribution in [0.15, 0.2) is 159 Å². The summed E-state index contributed by atoms with van der Waals surface area (Å²) in [6.45, 7) is 19.5. The van der Waals surface area contributed by atoms with Crippen molar-refractivity contribution in [1.82, 2.24) is 9.13 Å². The van der Waals surface area contributed by atoms with Crippen LogP contribution in [0.2, 0.25) is 0 Å². The zero-order valence-electron chi connectivity index (χ0n) is 32.0. The summed E-state index contributed by atoms with van der Waals surface area (Å²) in [6.07, 6.45) is 9.93. The van der Waals surface area contributed by atoms with Crippen molar-refractivity contribution in [2.75, 3.05) is 0 Å². The fraction of sp³-hybridized carbons (Fsp3) is 0.0769. The van der Waals surface area contributed by atoms with Gasteiger partial charge in [-0.05, 0) is 96.4 Å². The Kier molecular flexibility index (Phi) is 7.44. The van der Waals surface area contributed by atoms with Gasteiger partial charge in [0.15, 0.2) is 0 Å². The Labute approximate surface area is 340 Å². The molecule has 0 amide bonds. The number of allylic oxidation sites excluding steroid dienone is 1. The number of rotatable bonds is 6. The lowest BCUT2D eigenvalue weighted by Crippen LogP contribution is -2.17. The quantitative estimate of drug-likeness (QED) is 0.168. The number of hydrogen-bond acceptors (Lipinski definition) is 3. The predicted octanol–water partition coefficient (Wildman–Crippen LogP) is 15.4. The summed E-state index contributed by atoms with van der Waals surface area (Å²) in [4.78, 5) is 5.35. The van der Waals surface area contributed by atoms with Crippen molar-refractivity contribution in [1.29, 1.82) is 0 Å². The second-order valence-electron chi connectivity index (χ2n) is 15.3. The topological polar surface area (TPSA) is 23.0 Å². The molecule has 0 radical (unpaired) electrons. The first-order valence-electron chi connectivity index (χ1n) is 19.3. The fourth-order valence-electron chi connectivity index (χ4n) is 9.58. The molecule has 57 heavy (non-hydrogen) atoms. The van der Waals surface area contributed by atoms with Crippen molar-refractivity contribution < 1.29 is 4.42 Å². The molecule has 3 nitrogen and oxygen atoms in total. The molecule has 3 aromatic heterocycles. The van der Waals surface area contributed by atoms with Gasteiger partial charge in [-0.15, -0.1) is 0 Å². The summed E-state index contributed by atoms with van der Waals surface area (Å²) in [5.74, 6) is 0.781. The van der Waals surface area contributed by atoms with E-state index >= 15 is 0 Å². The molecule has 9 aromatic rings. The first kappa shape index (κ1) is 34.1. The van der Waals surface area contributed by atoms with E-state index in [1.807, 2.05) is 48.7 Å². The van der Waals surface area contributed by atoms with Crippen molar-refractivity contribution in [2.24, 2.45) is 0 Å². The minimum Gasteiger partial charge on any atom is -0.456 e. The van der Waals surface area contributed by atoms with Crippen molar-refractivity contribution in [3.05, 3.63) is 169 Å². The lowest BCUT2D eigenvalue weighted by molar-refractivity contribution is 0.603. The molecule has 0 fully saturated rings. The van der Waals surface area contributed by atoms with E-state index in [4.69, 9.17) is 4.42 Å². The van der Waals surface area contributed by atoms with Gasteiger partial charge in [0.25, 0.3) is 0 Å². The van der Waals surface area contributed by atoms with Crippen LogP contribution < -0.4 is 0 Å². The van der Waals surface area contributed by atoms with Gasteiger partial charge < -0.3 is 13.6 Å². The Hall–Kier alpha value is -6.14. The lowest BCUT2D eigenvalue weighted by Gasteiger charge is -2.28. The van der Waals surface area contributed by atoms with E-state index in [0.29, 0.717) is 0 Å². The van der Waals surface area contributed by atoms with Gasteiger partial charge in [0, 0.05) is 74.6 Å². The highest BCUT2D eigenvalue weighted by atomic mass is 32.2. The SMILES string of the molecule is C=Cc1oc2ccc(-n3c4ccccc4c4cc(-n5c(C=C)c(C=C)c6ccc7c(c65)-c5ccc6c(c5C7(C)C)Sc5ccccc5S6)ccc43)cc2c1/C=C\C. The van der Waals surface area contributed by atoms with Crippen molar-refractivity contribution in [3.63, 3.8) is 0 Å². The molecule has 274 valence electrons. The van der Waals surface area contributed by atoms with Crippen LogP contribution in [0.4, 0.5) is 0 Å². The normalized spacial score (nSPS) is 14.0. The zero-order chi connectivity index (χ0) is 38.7. The van der Waals surface area contributed by atoms with Gasteiger partial charge in [-0.3, -0.25) is 0 Å². The molecule has 0 unspecified atom stereocenters. The number of aromatic nitrogens is 2. The molecule has 5 heteroatoms. The number of para-hydroxylation sites is 1. The first-order valence-corrected chi connectivity index (χ1v) is 20.9. The smallest absolute Gasteiger partial charge is 0.135 e. The summed E-state index contributed by atoms with van der Waals surface area (Å²) in [7, 11) is 0. The molecule has 6 aromatic carbocycles. The molecule has 1 aliphatic heterocycles. The van der Waals surface area contributed by atoms with E-state index < -0.39 is 0 Å². The summed E-state index contributed by atoms with van der Waals surface area (Å²) in [6, 6.07) is 40.2. The molecule has 0 bridgehead atoms. The minimum atomic E-state index is -0.200. The molecule has 0 N–H and O–H groups in total. The Balaban J connectivity index is 1.17. The fourth-order valence-corrected chi connectivity index (χ4v) is 12.1. The zero-order valence-corrected chi connectivity index (χ0v) is 33.7. The molecule has 4 heterocycles. The van der Waals surface area contributed by atoms with Crippen LogP contribution in [0.25, 0.3) is 90.5 Å². The highest BCUT2D eigenvalue weighted by Gasteiger charge is 2.41. The van der Waals surface area contributed by atoms with Crippen molar-refractivity contribution >= 4 is 91.5 Å². The molecule has 0 saturated heterocycles. The number of hydrogen-bond donors (Lipinski definition) is 0. The maximum Gasteiger partial charge on any atom is 0.135 e. The van der Waals surface area contributed by atoms with Crippen LogP contribution in [0, 0.1) is 0 Å². The monoisotopic (exact) mass is 770 g/mol. The van der Waals surface area contributed by atoms with E-state index in [1.165, 1.54) is 63.5 Å². The molecule has 2 aliphatic rings. The number of furan rings is 1. The summed E-state index contributed by atoms with van der Waals surface area (Å²) < 4.78 is 11.0. The molecule has 0 spiro atoms. The van der Waals surface area contributed by atoms with Crippen LogP contribution in [-0.2, 0) is 5.41 Å². The number of benzene rings is 6. The van der Waals surface area contributed by atoms with Gasteiger partial charge in [-0.2, -0.15) is 0 Å².